The molecule has 1 N–H and O–H groups in total. The second kappa shape index (κ2) is 8.62. The SMILES string of the molecule is CCOc1ccc(C=CC(=O)Nc2ccc(Cl)c(Cl)c2)cc1OC. The first-order chi connectivity index (χ1) is 11.5. The van der Waals surface area contributed by atoms with Gasteiger partial charge in [-0.1, -0.05) is 29.3 Å². The molecule has 0 unspecified atom stereocenters. The number of methoxy groups -OCH3 is 1. The molecule has 4 nitrogen and oxygen atoms in total. The van der Waals surface area contributed by atoms with Crippen LogP contribution in [0.25, 0.3) is 6.08 Å². The first-order valence-corrected chi connectivity index (χ1v) is 8.04. The quantitative estimate of drug-likeness (QED) is 0.728. The van der Waals surface area contributed by atoms with Crippen molar-refractivity contribution in [1.82, 2.24) is 0 Å². The zero-order chi connectivity index (χ0) is 17.5. The maximum atomic E-state index is 12.0. The van der Waals surface area contributed by atoms with Gasteiger partial charge in [-0.15, -0.1) is 0 Å². The second-order valence-corrected chi connectivity index (χ2v) is 5.61. The molecule has 0 bridgehead atoms. The summed E-state index contributed by atoms with van der Waals surface area (Å²) >= 11 is 11.8. The molecule has 0 spiro atoms. The normalized spacial score (nSPS) is 10.7. The lowest BCUT2D eigenvalue weighted by molar-refractivity contribution is -0.111. The average molecular weight is 366 g/mol. The molecular weight excluding hydrogens is 349 g/mol. The minimum Gasteiger partial charge on any atom is -0.493 e. The summed E-state index contributed by atoms with van der Waals surface area (Å²) in [7, 11) is 1.57. The smallest absolute Gasteiger partial charge is 0.248 e. The number of rotatable bonds is 6. The fraction of sp³-hybridized carbons (Fsp3) is 0.167. The molecule has 2 rings (SSSR count). The number of ether oxygens (including phenoxy) is 2. The van der Waals surface area contributed by atoms with Crippen molar-refractivity contribution in [1.29, 1.82) is 0 Å². The van der Waals surface area contributed by atoms with E-state index >= 15 is 0 Å². The highest BCUT2D eigenvalue weighted by Gasteiger charge is 2.05. The minimum atomic E-state index is -0.277. The third kappa shape index (κ3) is 4.91. The number of anilines is 1. The third-order valence-corrected chi connectivity index (χ3v) is 3.84. The predicted molar refractivity (Wildman–Crippen MR) is 98.3 cm³/mol. The van der Waals surface area contributed by atoms with E-state index < -0.39 is 0 Å². The van der Waals surface area contributed by atoms with E-state index in [0.29, 0.717) is 33.8 Å². The summed E-state index contributed by atoms with van der Waals surface area (Å²) in [6, 6.07) is 10.3. The Morgan fingerprint density at radius 3 is 2.58 bits per heavy atom. The van der Waals surface area contributed by atoms with Crippen LogP contribution >= 0.6 is 23.2 Å². The lowest BCUT2D eigenvalue weighted by Crippen LogP contribution is -2.07. The zero-order valence-electron chi connectivity index (χ0n) is 13.3. The van der Waals surface area contributed by atoms with E-state index in [1.54, 1.807) is 43.5 Å². The van der Waals surface area contributed by atoms with E-state index in [1.807, 2.05) is 13.0 Å². The molecule has 0 aliphatic rings. The van der Waals surface area contributed by atoms with Gasteiger partial charge in [-0.25, -0.2) is 0 Å². The molecule has 0 atom stereocenters. The topological polar surface area (TPSA) is 47.6 Å². The fourth-order valence-corrected chi connectivity index (χ4v) is 2.29. The number of amides is 1. The van der Waals surface area contributed by atoms with Gasteiger partial charge in [0.15, 0.2) is 11.5 Å². The molecule has 126 valence electrons. The van der Waals surface area contributed by atoms with Crippen LogP contribution in [0, 0.1) is 0 Å². The Kier molecular flexibility index (Phi) is 6.53. The molecule has 0 saturated heterocycles. The van der Waals surface area contributed by atoms with Crippen LogP contribution in [0.2, 0.25) is 10.0 Å². The van der Waals surface area contributed by atoms with Crippen molar-refractivity contribution in [2.75, 3.05) is 19.0 Å². The van der Waals surface area contributed by atoms with Crippen LogP contribution in [0.1, 0.15) is 12.5 Å². The van der Waals surface area contributed by atoms with Crippen LogP contribution in [0.4, 0.5) is 5.69 Å². The van der Waals surface area contributed by atoms with E-state index in [0.717, 1.165) is 5.56 Å². The first-order valence-electron chi connectivity index (χ1n) is 7.28. The molecule has 2 aromatic carbocycles. The van der Waals surface area contributed by atoms with Crippen LogP contribution in [0.5, 0.6) is 11.5 Å². The van der Waals surface area contributed by atoms with Gasteiger partial charge in [0.25, 0.3) is 0 Å². The van der Waals surface area contributed by atoms with Crippen molar-refractivity contribution in [3.8, 4) is 11.5 Å². The van der Waals surface area contributed by atoms with E-state index in [4.69, 9.17) is 32.7 Å². The molecule has 6 heteroatoms. The molecular formula is C18H17Cl2NO3. The maximum Gasteiger partial charge on any atom is 0.248 e. The van der Waals surface area contributed by atoms with E-state index in [1.165, 1.54) is 6.08 Å². The maximum absolute atomic E-state index is 12.0. The number of nitrogens with one attached hydrogen (secondary N) is 1. The predicted octanol–water partition coefficient (Wildman–Crippen LogP) is 5.05. The number of halogens is 2. The Bertz CT molecular complexity index is 760. The Hall–Kier alpha value is -2.17. The van der Waals surface area contributed by atoms with E-state index in [-0.39, 0.29) is 5.91 Å². The standard InChI is InChI=1S/C18H17Cl2NO3/c1-3-24-16-8-4-12(10-17(16)23-2)5-9-18(22)21-13-6-7-14(19)15(20)11-13/h4-11H,3H2,1-2H3,(H,21,22). The Labute approximate surface area is 151 Å². The molecule has 0 radical (unpaired) electrons. The summed E-state index contributed by atoms with van der Waals surface area (Å²) in [5.41, 5.74) is 1.39. The highest BCUT2D eigenvalue weighted by atomic mass is 35.5. The minimum absolute atomic E-state index is 0.277. The number of benzene rings is 2. The average Bonchev–Trinajstić information content (AvgIpc) is 2.57. The Morgan fingerprint density at radius 1 is 1.12 bits per heavy atom. The Balaban J connectivity index is 2.06. The number of carbonyl (C=O) groups is 1. The van der Waals surface area contributed by atoms with Crippen LogP contribution in [0.3, 0.4) is 0 Å². The van der Waals surface area contributed by atoms with E-state index in [9.17, 15) is 4.79 Å². The fourth-order valence-electron chi connectivity index (χ4n) is 1.99. The lowest BCUT2D eigenvalue weighted by atomic mass is 10.2. The van der Waals surface area contributed by atoms with Gasteiger partial charge in [0.05, 0.1) is 23.8 Å². The molecule has 0 aromatic heterocycles. The van der Waals surface area contributed by atoms with Crippen LogP contribution in [0.15, 0.2) is 42.5 Å². The summed E-state index contributed by atoms with van der Waals surface area (Å²) < 4.78 is 10.7. The third-order valence-electron chi connectivity index (χ3n) is 3.10. The van der Waals surface area contributed by atoms with Crippen LogP contribution in [-0.2, 0) is 4.79 Å². The van der Waals surface area contributed by atoms with E-state index in [2.05, 4.69) is 5.32 Å². The number of carbonyl (C=O) groups excluding carboxylic acids is 1. The molecule has 24 heavy (non-hydrogen) atoms. The van der Waals surface area contributed by atoms with Crippen molar-refractivity contribution in [2.45, 2.75) is 6.92 Å². The van der Waals surface area contributed by atoms with Gasteiger partial charge in [0.1, 0.15) is 0 Å². The van der Waals surface area contributed by atoms with Gasteiger partial charge < -0.3 is 14.8 Å². The second-order valence-electron chi connectivity index (χ2n) is 4.79. The highest BCUT2D eigenvalue weighted by Crippen LogP contribution is 2.28. The van der Waals surface area contributed by atoms with Crippen molar-refractivity contribution in [3.63, 3.8) is 0 Å². The summed E-state index contributed by atoms with van der Waals surface area (Å²) in [5, 5.41) is 3.54. The molecule has 1 amide bonds. The molecule has 0 aliphatic heterocycles. The molecule has 0 saturated carbocycles. The molecule has 2 aromatic rings. The van der Waals surface area contributed by atoms with Crippen molar-refractivity contribution < 1.29 is 14.3 Å². The molecule has 0 fully saturated rings. The van der Waals surface area contributed by atoms with Gasteiger partial charge in [0, 0.05) is 11.8 Å². The summed E-state index contributed by atoms with van der Waals surface area (Å²) in [6.45, 7) is 2.46. The monoisotopic (exact) mass is 365 g/mol. The lowest BCUT2D eigenvalue weighted by Gasteiger charge is -2.09. The summed E-state index contributed by atoms with van der Waals surface area (Å²) in [5.74, 6) is 1.00. The molecule has 0 heterocycles. The van der Waals surface area contributed by atoms with Gasteiger partial charge in [-0.3, -0.25) is 4.79 Å². The summed E-state index contributed by atoms with van der Waals surface area (Å²) in [6.07, 6.45) is 3.11. The van der Waals surface area contributed by atoms with Gasteiger partial charge in [-0.05, 0) is 48.9 Å². The largest absolute Gasteiger partial charge is 0.493 e. The summed E-state index contributed by atoms with van der Waals surface area (Å²) in [4.78, 5) is 12.0. The highest BCUT2D eigenvalue weighted by molar-refractivity contribution is 6.42. The zero-order valence-corrected chi connectivity index (χ0v) is 14.8. The van der Waals surface area contributed by atoms with Crippen molar-refractivity contribution in [2.24, 2.45) is 0 Å². The molecule has 0 aliphatic carbocycles. The Morgan fingerprint density at radius 2 is 1.92 bits per heavy atom. The number of hydrogen-bond acceptors (Lipinski definition) is 3. The first kappa shape index (κ1) is 18.2. The van der Waals surface area contributed by atoms with Gasteiger partial charge in [0.2, 0.25) is 5.91 Å². The number of hydrogen-bond donors (Lipinski definition) is 1. The van der Waals surface area contributed by atoms with Crippen LogP contribution < -0.4 is 14.8 Å². The van der Waals surface area contributed by atoms with Gasteiger partial charge >= 0.3 is 0 Å². The van der Waals surface area contributed by atoms with Crippen molar-refractivity contribution >= 4 is 40.9 Å². The van der Waals surface area contributed by atoms with Crippen LogP contribution in [-0.4, -0.2) is 19.6 Å². The van der Waals surface area contributed by atoms with Gasteiger partial charge in [-0.2, -0.15) is 0 Å². The van der Waals surface area contributed by atoms with Crippen molar-refractivity contribution in [3.05, 3.63) is 58.1 Å².